The first-order valence-corrected chi connectivity index (χ1v) is 44.2. The molecular weight excluding hydrogens is 1610 g/mol. The highest BCUT2D eigenvalue weighted by Crippen LogP contribution is 2.36. The van der Waals surface area contributed by atoms with Gasteiger partial charge in [-0.05, 0) is 75.3 Å². The van der Waals surface area contributed by atoms with E-state index < -0.39 is 66.1 Å². The van der Waals surface area contributed by atoms with Crippen LogP contribution in [0.25, 0.3) is 0 Å². The first kappa shape index (κ1) is 108. The molecule has 0 bridgehead atoms. The monoisotopic (exact) mass is 1760 g/mol. The van der Waals surface area contributed by atoms with Gasteiger partial charge in [0.05, 0.1) is 88.5 Å². The molecule has 3 aliphatic rings. The standard InChI is InChI=1S/C58H86N6O9S.C31H54N6O11.2CH4/c1-13-40(7)53(50(72-12)35-51(68)64-26-17-20-47(64)46(36-65)41(8)48(66)33-44(55-59-25-31-74-55)32-42-18-15-14-16-19-42)61(10)56(69)45(37(2)3)34-49(67)52(38(4)5)62(11)58(71)73-54(43-23-21-39(6)22-24-43)57(70)63-29-27-60(9)28-30-63;1-22(2)29(24(38)21-23(30(43)33-3)5-4-10-35-31(32)44)36-26(40)9-13-45-15-17-47-19-20-48-18-16-46-14-11-34-25(39)8-12-37-27(41)6-7-28(37)42;;/h14-16,18-19,21-25,31,37-38,40-41,44-47,50,52-54,65H,13,17,20,26-30,32-36H2,1-12H3;22-23,29H,4-21H2,1-3H3,(H,33,43)(H,34,39)(H,36,40)(H3,32,35,44);2*1H4/t40-,41+,44+,45-,46+,47-,50+,52-,53-,54?;23-,29+;;/m01../s1/i;;1T;. The van der Waals surface area contributed by atoms with Crippen LogP contribution in [0, 0.1) is 54.3 Å². The molecule has 0 radical (unpaired) electrons. The molecule has 2 aromatic carbocycles. The first-order chi connectivity index (χ1) is 59.2. The maximum Gasteiger partial charge on any atom is 0.411 e. The number of likely N-dealkylation sites (N-methyl/N-ethyl adjacent to an activating group) is 3. The molecule has 1 aromatic heterocycles. The number of nitrogens with one attached hydrogen (secondary N) is 4. The Morgan fingerprint density at radius 1 is 0.710 bits per heavy atom. The van der Waals surface area contributed by atoms with Gasteiger partial charge in [0, 0.05) is 186 Å². The number of methoxy groups -OCH3 is 1. The third-order valence-electron chi connectivity index (χ3n) is 23.3. The second-order valence-electron chi connectivity index (χ2n) is 33.2. The predicted octanol–water partition coefficient (Wildman–Crippen LogP) is 8.37. The number of ether oxygens (including phenoxy) is 6. The lowest BCUT2D eigenvalue weighted by atomic mass is 9.80. The number of carbonyl (C=O) groups excluding carboxylic acids is 13. The summed E-state index contributed by atoms with van der Waals surface area (Å²) >= 11 is 1.53. The molecule has 33 heteroatoms. The highest BCUT2D eigenvalue weighted by atomic mass is 32.1. The number of imide groups is 1. The van der Waals surface area contributed by atoms with E-state index in [1.165, 1.54) is 37.7 Å². The molecule has 4 heterocycles. The lowest BCUT2D eigenvalue weighted by Gasteiger charge is -2.41. The number of likely N-dealkylation sites (tertiary alicyclic amines) is 2. The SMILES string of the molecule is C.CC[C@H](C)[C@@H]([C@@H](CC(=O)N1CCC[C@H]1[C@H](CO)[C@@H](C)C(=O)C[C@@H](Cc1ccccc1)c1nccs1)OC)N(C)C(=O)[C@@H](CC(=O)[C@H](C(C)C)N(C)C(=O)OC(C(=O)N1CCN(C)CC1)c1ccc(C)cc1)C(C)C.CNC(=O)[C@H](CCCNC(N)=O)CC(=O)[C@@H](NC(=O)CCOCCOCCOCCOCCNC(=O)CCN1C(=O)CCC1=O)C(C)C.[3H]C. The van der Waals surface area contributed by atoms with E-state index in [0.717, 1.165) is 27.5 Å². The maximum atomic E-state index is 14.9. The minimum Gasteiger partial charge on any atom is -0.431 e. The summed E-state index contributed by atoms with van der Waals surface area (Å²) in [6.45, 7) is 24.7. The number of piperazine rings is 1. The van der Waals surface area contributed by atoms with Gasteiger partial charge in [-0.15, -0.1) is 11.3 Å². The van der Waals surface area contributed by atoms with Crippen molar-refractivity contribution in [2.24, 2.45) is 53.1 Å². The molecule has 3 aliphatic heterocycles. The zero-order chi connectivity index (χ0) is 92.1. The van der Waals surface area contributed by atoms with Crippen molar-refractivity contribution in [2.45, 2.75) is 216 Å². The highest BCUT2D eigenvalue weighted by molar-refractivity contribution is 7.09. The molecule has 3 aromatic rings. The van der Waals surface area contributed by atoms with E-state index in [9.17, 15) is 67.4 Å². The summed E-state index contributed by atoms with van der Waals surface area (Å²) in [5.41, 5.74) is 7.70. The smallest absolute Gasteiger partial charge is 0.411 e. The normalized spacial score (nSPS) is 16.9. The summed E-state index contributed by atoms with van der Waals surface area (Å²) in [6, 6.07) is 14.1. The molecule has 11 amide bonds. The van der Waals surface area contributed by atoms with Crippen molar-refractivity contribution in [2.75, 3.05) is 147 Å². The number of benzene rings is 2. The number of aliphatic hydroxyl groups is 1. The third kappa shape index (κ3) is 36.0. The number of hydrogen-bond donors (Lipinski definition) is 6. The summed E-state index contributed by atoms with van der Waals surface area (Å²) in [7, 11) is 9.51. The molecule has 3 fully saturated rings. The number of carbonyl (C=O) groups is 13. The van der Waals surface area contributed by atoms with Gasteiger partial charge < -0.3 is 85.0 Å². The van der Waals surface area contributed by atoms with Gasteiger partial charge in [-0.2, -0.15) is 0 Å². The summed E-state index contributed by atoms with van der Waals surface area (Å²) in [4.78, 5) is 184. The average Bonchev–Trinajstić information content (AvgIpc) is 1.60. The van der Waals surface area contributed by atoms with Crippen molar-refractivity contribution < 1.29 is 97.2 Å². The number of aromatic nitrogens is 1. The van der Waals surface area contributed by atoms with Crippen LogP contribution in [0.4, 0.5) is 9.59 Å². The van der Waals surface area contributed by atoms with E-state index in [1.807, 2.05) is 117 Å². The number of rotatable bonds is 54. The number of hydrogen-bond acceptors (Lipinski definition) is 23. The van der Waals surface area contributed by atoms with Crippen molar-refractivity contribution in [3.05, 3.63) is 87.9 Å². The van der Waals surface area contributed by atoms with E-state index in [4.69, 9.17) is 35.5 Å². The van der Waals surface area contributed by atoms with E-state index in [1.54, 1.807) is 42.3 Å². The van der Waals surface area contributed by atoms with Crippen LogP contribution >= 0.6 is 11.3 Å². The van der Waals surface area contributed by atoms with Crippen molar-refractivity contribution in [1.82, 2.24) is 55.7 Å². The van der Waals surface area contributed by atoms with Gasteiger partial charge in [-0.25, -0.2) is 14.6 Å². The highest BCUT2D eigenvalue weighted by Gasteiger charge is 2.45. The van der Waals surface area contributed by atoms with Gasteiger partial charge >= 0.3 is 12.1 Å². The largest absolute Gasteiger partial charge is 0.431 e. The second-order valence-corrected chi connectivity index (χ2v) is 34.2. The van der Waals surface area contributed by atoms with E-state index >= 15 is 0 Å². The molecule has 0 saturated carbocycles. The minimum atomic E-state index is -1.21. The fourth-order valence-electron chi connectivity index (χ4n) is 15.9. The zero-order valence-electron chi connectivity index (χ0n) is 76.8. The number of ketones is 3. The Balaban J connectivity index is 0.000000686. The number of amides is 11. The Morgan fingerprint density at radius 3 is 1.87 bits per heavy atom. The topological polar surface area (TPSA) is 404 Å². The number of nitrogens with zero attached hydrogens (tertiary/aromatic N) is 7. The van der Waals surface area contributed by atoms with Crippen molar-refractivity contribution in [1.29, 1.82) is 0 Å². The number of aliphatic hydroxyl groups excluding tert-OH is 1. The molecular formula is C91H148N12O20S. The molecule has 3 saturated heterocycles. The molecule has 7 N–H and O–H groups in total. The van der Waals surface area contributed by atoms with Gasteiger partial charge in [0.25, 0.3) is 5.91 Å². The van der Waals surface area contributed by atoms with Gasteiger partial charge in [0.15, 0.2) is 11.6 Å². The number of thiazole rings is 1. The van der Waals surface area contributed by atoms with Crippen LogP contribution in [-0.4, -0.2) is 294 Å². The van der Waals surface area contributed by atoms with Crippen molar-refractivity contribution in [3.8, 4) is 0 Å². The molecule has 6 rings (SSSR count). The molecule has 32 nitrogen and oxygen atoms in total. The van der Waals surface area contributed by atoms with Crippen LogP contribution < -0.4 is 27.0 Å². The summed E-state index contributed by atoms with van der Waals surface area (Å²) in [6.07, 6.45) is 3.16. The Bertz CT molecular complexity index is 3750. The van der Waals surface area contributed by atoms with Crippen LogP contribution in [0.2, 0.25) is 0 Å². The van der Waals surface area contributed by atoms with Crippen molar-refractivity contribution in [3.63, 3.8) is 0 Å². The van der Waals surface area contributed by atoms with Gasteiger partial charge in [-0.3, -0.25) is 57.6 Å². The Hall–Kier alpha value is -8.70. The summed E-state index contributed by atoms with van der Waals surface area (Å²) < 4.78 is 39.6. The van der Waals surface area contributed by atoms with E-state index in [2.05, 4.69) is 43.3 Å². The zero-order valence-corrected chi connectivity index (χ0v) is 76.6. The van der Waals surface area contributed by atoms with Crippen LogP contribution in [0.5, 0.6) is 0 Å². The molecule has 12 atom stereocenters. The maximum absolute atomic E-state index is 14.9. The van der Waals surface area contributed by atoms with Crippen LogP contribution in [0.15, 0.2) is 66.2 Å². The van der Waals surface area contributed by atoms with Crippen LogP contribution in [-0.2, 0) is 87.6 Å². The van der Waals surface area contributed by atoms with E-state index in [-0.39, 0.29) is 185 Å². The second kappa shape index (κ2) is 57.8. The lowest BCUT2D eigenvalue weighted by molar-refractivity contribution is -0.148. The number of Topliss-reactive ketones (excluding diaryl/α,β-unsaturated/α-hetero) is 3. The van der Waals surface area contributed by atoms with Crippen LogP contribution in [0.1, 0.15) is 196 Å². The van der Waals surface area contributed by atoms with Gasteiger partial charge in [0.1, 0.15) is 5.78 Å². The van der Waals surface area contributed by atoms with Gasteiger partial charge in [-0.1, -0.05) is 144 Å². The van der Waals surface area contributed by atoms with Crippen LogP contribution in [0.3, 0.4) is 0 Å². The molecule has 0 aliphatic carbocycles. The number of primary amides is 1. The Labute approximate surface area is 741 Å². The van der Waals surface area contributed by atoms with E-state index in [0.29, 0.717) is 123 Å². The van der Waals surface area contributed by atoms with Gasteiger partial charge in [0.2, 0.25) is 47.5 Å². The molecule has 124 heavy (non-hydrogen) atoms. The summed E-state index contributed by atoms with van der Waals surface area (Å²) in [5.74, 6) is -6.03. The third-order valence-corrected chi connectivity index (χ3v) is 24.2. The number of urea groups is 1. The number of nitrogens with two attached hydrogens (primary N) is 1. The predicted molar refractivity (Wildman–Crippen MR) is 475 cm³/mol. The Morgan fingerprint density at radius 2 is 1.32 bits per heavy atom. The minimum absolute atomic E-state index is 0. The quantitative estimate of drug-likeness (QED) is 0.0228. The average molecular weight is 1760 g/mol. The first-order valence-electron chi connectivity index (χ1n) is 44.3. The van der Waals surface area contributed by atoms with Crippen molar-refractivity contribution >= 4 is 88.1 Å². The molecule has 0 spiro atoms. The fraction of sp³-hybridized carbons (Fsp3) is 0.692. The fourth-order valence-corrected chi connectivity index (χ4v) is 16.6. The lowest BCUT2D eigenvalue weighted by Crippen LogP contribution is -2.54. The molecule has 1 unspecified atom stereocenters. The Kier molecular flexibility index (Phi) is 50.2. The number of aryl methyl sites for hydroxylation is 1. The summed E-state index contributed by atoms with van der Waals surface area (Å²) in [5, 5.41) is 24.2. The molecule has 698 valence electrons.